The van der Waals surface area contributed by atoms with Gasteiger partial charge >= 0.3 is 5.97 Å². The number of nitrogen functional groups attached to an aromatic ring is 1. The number of halogens is 1. The highest BCUT2D eigenvalue weighted by Gasteiger charge is 2.25. The third-order valence-electron chi connectivity index (χ3n) is 3.83. The van der Waals surface area contributed by atoms with Gasteiger partial charge in [-0.15, -0.1) is 0 Å². The van der Waals surface area contributed by atoms with Crippen LogP contribution in [0.15, 0.2) is 29.4 Å². The van der Waals surface area contributed by atoms with Crippen LogP contribution >= 0.6 is 11.8 Å². The average molecular weight is 375 g/mol. The zero-order valence-electron chi connectivity index (χ0n) is 14.5. The minimum absolute atomic E-state index is 0.186. The first-order valence-corrected chi connectivity index (χ1v) is 9.09. The normalized spacial score (nSPS) is 10.9. The Morgan fingerprint density at radius 1 is 1.38 bits per heavy atom. The molecule has 7 nitrogen and oxygen atoms in total. The van der Waals surface area contributed by atoms with E-state index in [0.29, 0.717) is 22.0 Å². The molecule has 0 aliphatic rings. The summed E-state index contributed by atoms with van der Waals surface area (Å²) in [6.07, 6.45) is 1.83. The van der Waals surface area contributed by atoms with Gasteiger partial charge in [-0.2, -0.15) is 0 Å². The Kier molecular flexibility index (Phi) is 4.99. The lowest BCUT2D eigenvalue weighted by molar-refractivity contribution is 0.0517. The highest BCUT2D eigenvalue weighted by Crippen LogP contribution is 2.35. The summed E-state index contributed by atoms with van der Waals surface area (Å²) in [4.78, 5) is 21.1. The van der Waals surface area contributed by atoms with Crippen molar-refractivity contribution in [2.75, 3.05) is 23.9 Å². The number of esters is 1. The van der Waals surface area contributed by atoms with E-state index >= 15 is 0 Å². The fraction of sp³-hybridized carbons (Fsp3) is 0.235. The van der Waals surface area contributed by atoms with Gasteiger partial charge < -0.3 is 20.4 Å². The second kappa shape index (κ2) is 7.20. The largest absolute Gasteiger partial charge is 0.461 e. The number of hydrogen-bond donors (Lipinski definition) is 2. The van der Waals surface area contributed by atoms with Crippen molar-refractivity contribution in [1.82, 2.24) is 14.5 Å². The zero-order chi connectivity index (χ0) is 18.8. The van der Waals surface area contributed by atoms with Gasteiger partial charge in [0.15, 0.2) is 10.9 Å². The molecule has 0 amide bonds. The van der Waals surface area contributed by atoms with Crippen LogP contribution in [0, 0.1) is 5.82 Å². The molecule has 136 valence electrons. The number of nitrogens with zero attached hydrogens (tertiary/aromatic N) is 3. The van der Waals surface area contributed by atoms with Crippen LogP contribution in [0.4, 0.5) is 21.6 Å². The summed E-state index contributed by atoms with van der Waals surface area (Å²) >= 11 is 1.33. The third-order valence-corrected chi connectivity index (χ3v) is 4.37. The minimum Gasteiger partial charge on any atom is -0.461 e. The molecule has 2 aromatic heterocycles. The first-order chi connectivity index (χ1) is 12.5. The number of hydrogen-bond acceptors (Lipinski definition) is 7. The van der Waals surface area contributed by atoms with Gasteiger partial charge in [0.05, 0.1) is 23.4 Å². The SMILES string of the molecule is CCOC(=O)c1c(N)c2c(Nc3ccccc3F)nc(SC)nc2n1C. The molecule has 0 fully saturated rings. The number of nitrogens with one attached hydrogen (secondary N) is 1. The molecular weight excluding hydrogens is 357 g/mol. The Bertz CT molecular complexity index is 989. The summed E-state index contributed by atoms with van der Waals surface area (Å²) in [7, 11) is 1.68. The predicted molar refractivity (Wildman–Crippen MR) is 100 cm³/mol. The second-order valence-corrected chi connectivity index (χ2v) is 6.18. The van der Waals surface area contributed by atoms with E-state index in [2.05, 4.69) is 15.3 Å². The Labute approximate surface area is 153 Å². The molecule has 0 spiro atoms. The van der Waals surface area contributed by atoms with Crippen molar-refractivity contribution in [3.05, 3.63) is 35.8 Å². The molecule has 0 unspecified atom stereocenters. The smallest absolute Gasteiger partial charge is 0.357 e. The summed E-state index contributed by atoms with van der Waals surface area (Å²) in [6.45, 7) is 1.94. The van der Waals surface area contributed by atoms with Crippen LogP contribution in [0.5, 0.6) is 0 Å². The molecule has 0 bridgehead atoms. The maximum atomic E-state index is 14.0. The fourth-order valence-corrected chi connectivity index (χ4v) is 3.00. The van der Waals surface area contributed by atoms with Crippen molar-refractivity contribution in [1.29, 1.82) is 0 Å². The maximum absolute atomic E-state index is 14.0. The molecule has 0 aliphatic carbocycles. The van der Waals surface area contributed by atoms with Gasteiger partial charge in [-0.05, 0) is 25.3 Å². The Hall–Kier alpha value is -2.81. The number of ether oxygens (including phenoxy) is 1. The molecule has 2 heterocycles. The first-order valence-electron chi connectivity index (χ1n) is 7.86. The van der Waals surface area contributed by atoms with Crippen LogP contribution in [0.3, 0.4) is 0 Å². The summed E-state index contributed by atoms with van der Waals surface area (Å²) in [5.41, 5.74) is 7.30. The summed E-state index contributed by atoms with van der Waals surface area (Å²) in [5, 5.41) is 3.86. The van der Waals surface area contributed by atoms with E-state index in [-0.39, 0.29) is 23.7 Å². The van der Waals surface area contributed by atoms with Crippen LogP contribution < -0.4 is 11.1 Å². The standard InChI is InChI=1S/C17H18FN5O2S/c1-4-25-16(24)13-12(19)11-14(20-10-8-6-5-7-9(10)18)21-17(26-3)22-15(11)23(13)2/h5-8H,4,19H2,1-3H3,(H,20,21,22). The molecule has 26 heavy (non-hydrogen) atoms. The van der Waals surface area contributed by atoms with Crippen molar-refractivity contribution < 1.29 is 13.9 Å². The maximum Gasteiger partial charge on any atom is 0.357 e. The molecule has 0 saturated carbocycles. The third kappa shape index (κ3) is 3.05. The van der Waals surface area contributed by atoms with E-state index in [1.807, 2.05) is 6.26 Å². The summed E-state index contributed by atoms with van der Waals surface area (Å²) in [6, 6.07) is 6.23. The highest BCUT2D eigenvalue weighted by atomic mass is 32.2. The van der Waals surface area contributed by atoms with E-state index in [4.69, 9.17) is 10.5 Å². The molecule has 3 aromatic rings. The molecule has 0 aliphatic heterocycles. The number of rotatable bonds is 5. The van der Waals surface area contributed by atoms with Crippen LogP contribution in [-0.4, -0.2) is 33.4 Å². The predicted octanol–water partition coefficient (Wildman–Crippen LogP) is 3.33. The Morgan fingerprint density at radius 2 is 2.12 bits per heavy atom. The van der Waals surface area contributed by atoms with Crippen LogP contribution in [-0.2, 0) is 11.8 Å². The van der Waals surface area contributed by atoms with Crippen LogP contribution in [0.2, 0.25) is 0 Å². The fourth-order valence-electron chi connectivity index (χ4n) is 2.64. The second-order valence-electron chi connectivity index (χ2n) is 5.40. The molecule has 0 radical (unpaired) electrons. The number of carbonyl (C=O) groups is 1. The topological polar surface area (TPSA) is 95.1 Å². The molecule has 3 rings (SSSR count). The van der Waals surface area contributed by atoms with E-state index in [1.54, 1.807) is 36.7 Å². The van der Waals surface area contributed by atoms with Crippen LogP contribution in [0.1, 0.15) is 17.4 Å². The van der Waals surface area contributed by atoms with E-state index in [9.17, 15) is 9.18 Å². The Morgan fingerprint density at radius 3 is 2.77 bits per heavy atom. The van der Waals surface area contributed by atoms with E-state index < -0.39 is 11.8 Å². The lowest BCUT2D eigenvalue weighted by Gasteiger charge is -2.09. The van der Waals surface area contributed by atoms with Crippen molar-refractivity contribution in [2.45, 2.75) is 12.1 Å². The molecule has 1 aromatic carbocycles. The number of thioether (sulfide) groups is 1. The van der Waals surface area contributed by atoms with Gasteiger partial charge in [0, 0.05) is 7.05 Å². The number of para-hydroxylation sites is 1. The van der Waals surface area contributed by atoms with Gasteiger partial charge in [0.1, 0.15) is 17.3 Å². The quantitative estimate of drug-likeness (QED) is 0.401. The van der Waals surface area contributed by atoms with Gasteiger partial charge in [-0.3, -0.25) is 0 Å². The molecule has 9 heteroatoms. The number of aryl methyl sites for hydroxylation is 1. The number of benzene rings is 1. The van der Waals surface area contributed by atoms with Crippen molar-refractivity contribution >= 4 is 46.0 Å². The average Bonchev–Trinajstić information content (AvgIpc) is 2.88. The first kappa shape index (κ1) is 18.0. The number of fused-ring (bicyclic) bond motifs is 1. The molecule has 0 saturated heterocycles. The van der Waals surface area contributed by atoms with Gasteiger partial charge in [0.25, 0.3) is 0 Å². The zero-order valence-corrected chi connectivity index (χ0v) is 15.4. The van der Waals surface area contributed by atoms with Crippen molar-refractivity contribution in [3.8, 4) is 0 Å². The monoisotopic (exact) mass is 375 g/mol. The van der Waals surface area contributed by atoms with Gasteiger partial charge in [-0.25, -0.2) is 19.2 Å². The highest BCUT2D eigenvalue weighted by molar-refractivity contribution is 7.98. The lowest BCUT2D eigenvalue weighted by Crippen LogP contribution is -2.12. The Balaban J connectivity index is 2.23. The molecular formula is C17H18FN5O2S. The lowest BCUT2D eigenvalue weighted by atomic mass is 10.2. The number of carbonyl (C=O) groups excluding carboxylic acids is 1. The number of anilines is 3. The number of aromatic nitrogens is 3. The van der Waals surface area contributed by atoms with Crippen molar-refractivity contribution in [2.24, 2.45) is 7.05 Å². The van der Waals surface area contributed by atoms with E-state index in [1.165, 1.54) is 17.8 Å². The number of nitrogens with two attached hydrogens (primary N) is 1. The summed E-state index contributed by atoms with van der Waals surface area (Å²) in [5.74, 6) is -0.647. The molecule has 0 atom stereocenters. The van der Waals surface area contributed by atoms with Gasteiger partial charge in [0.2, 0.25) is 0 Å². The minimum atomic E-state index is -0.548. The van der Waals surface area contributed by atoms with Crippen molar-refractivity contribution in [3.63, 3.8) is 0 Å². The summed E-state index contributed by atoms with van der Waals surface area (Å²) < 4.78 is 20.7. The molecule has 3 N–H and O–H groups in total. The van der Waals surface area contributed by atoms with Gasteiger partial charge in [-0.1, -0.05) is 23.9 Å². The van der Waals surface area contributed by atoms with Crippen LogP contribution in [0.25, 0.3) is 11.0 Å². The van der Waals surface area contributed by atoms with E-state index in [0.717, 1.165) is 0 Å².